The van der Waals surface area contributed by atoms with Crippen molar-refractivity contribution in [3.05, 3.63) is 0 Å². The zero-order valence-electron chi connectivity index (χ0n) is 6.88. The van der Waals surface area contributed by atoms with E-state index in [0.29, 0.717) is 0 Å². The van der Waals surface area contributed by atoms with Gasteiger partial charge in [-0.3, -0.25) is 8.74 Å². The summed E-state index contributed by atoms with van der Waals surface area (Å²) < 4.78 is 28.2. The molecule has 0 aromatic carbocycles. The second-order valence-electron chi connectivity index (χ2n) is 3.94. The molecule has 3 N–H and O–H groups in total. The number of hydrogen-bond acceptors (Lipinski definition) is 3. The standard InChI is InChI=1S/C7H14N2O2S/c8-12(9,10)11-7-3-1-6(5-7)2-4-7/h6H,1-5H2,(H3,8,9,10). The molecule has 70 valence electrons. The van der Waals surface area contributed by atoms with Gasteiger partial charge in [-0.05, 0) is 38.0 Å². The van der Waals surface area contributed by atoms with Crippen LogP contribution in [0.4, 0.5) is 0 Å². The fraction of sp³-hybridized carbons (Fsp3) is 1.00. The molecule has 12 heavy (non-hydrogen) atoms. The maximum atomic E-state index is 8.99. The summed E-state index contributed by atoms with van der Waals surface area (Å²) in [6, 6.07) is 0. The molecule has 2 fully saturated rings. The minimum Gasteiger partial charge on any atom is -0.295 e. The van der Waals surface area contributed by atoms with Crippen LogP contribution in [0.5, 0.6) is 0 Å². The predicted octanol–water partition coefficient (Wildman–Crippen LogP) is 2.40. The topological polar surface area (TPSA) is 77.2 Å². The Labute approximate surface area is 72.8 Å². The molecule has 0 atom stereocenters. The van der Waals surface area contributed by atoms with Crippen LogP contribution in [0.2, 0.25) is 0 Å². The second-order valence-corrected chi connectivity index (χ2v) is 5.16. The molecule has 2 aliphatic rings. The summed E-state index contributed by atoms with van der Waals surface area (Å²) in [5.41, 5.74) is -0.293. The molecule has 0 saturated heterocycles. The van der Waals surface area contributed by atoms with Crippen LogP contribution < -0.4 is 0 Å². The minimum absolute atomic E-state index is 0.293. The van der Waals surface area contributed by atoms with Gasteiger partial charge in [-0.2, -0.15) is 0 Å². The van der Waals surface area contributed by atoms with E-state index >= 15 is 0 Å². The van der Waals surface area contributed by atoms with Crippen LogP contribution in [-0.2, 0) is 14.4 Å². The first-order valence-corrected chi connectivity index (χ1v) is 5.76. The quantitative estimate of drug-likeness (QED) is 0.625. The molecule has 2 aliphatic carbocycles. The zero-order chi connectivity index (χ0) is 8.82. The average Bonchev–Trinajstić information content (AvgIpc) is 2.40. The van der Waals surface area contributed by atoms with Gasteiger partial charge in [0.1, 0.15) is 0 Å². The van der Waals surface area contributed by atoms with Gasteiger partial charge in [0.05, 0.1) is 5.60 Å². The van der Waals surface area contributed by atoms with Gasteiger partial charge < -0.3 is 0 Å². The third-order valence-corrected chi connectivity index (χ3v) is 3.57. The molecule has 0 unspecified atom stereocenters. The van der Waals surface area contributed by atoms with E-state index in [1.807, 2.05) is 0 Å². The Hall–Kier alpha value is -0.130. The molecule has 2 rings (SSSR count). The molecule has 2 saturated carbocycles. The molecule has 0 amide bonds. The van der Waals surface area contributed by atoms with Crippen LogP contribution in [0, 0.1) is 15.5 Å². The molecule has 0 aliphatic heterocycles. The van der Waals surface area contributed by atoms with Gasteiger partial charge in [-0.15, -0.1) is 0 Å². The SMILES string of the molecule is N=S(=N)(O)OC12CCC(CC1)C2. The molecule has 0 spiro atoms. The zero-order valence-corrected chi connectivity index (χ0v) is 7.69. The monoisotopic (exact) mass is 190 g/mol. The van der Waals surface area contributed by atoms with Crippen LogP contribution >= 0.6 is 0 Å². The maximum Gasteiger partial charge on any atom is 0.174 e. The molecule has 2 bridgehead atoms. The van der Waals surface area contributed by atoms with Crippen molar-refractivity contribution in [2.24, 2.45) is 5.92 Å². The van der Waals surface area contributed by atoms with E-state index in [-0.39, 0.29) is 5.60 Å². The third kappa shape index (κ3) is 1.48. The number of rotatable bonds is 2. The average molecular weight is 190 g/mol. The van der Waals surface area contributed by atoms with Crippen molar-refractivity contribution in [3.8, 4) is 0 Å². The van der Waals surface area contributed by atoms with Crippen LogP contribution in [0.25, 0.3) is 0 Å². The second kappa shape index (κ2) is 2.43. The van der Waals surface area contributed by atoms with E-state index in [0.717, 1.165) is 38.0 Å². The lowest BCUT2D eigenvalue weighted by atomic mass is 9.98. The Morgan fingerprint density at radius 1 is 1.33 bits per heavy atom. The Bertz CT molecular complexity index is 278. The molecular formula is C7H14N2O2S. The van der Waals surface area contributed by atoms with Crippen molar-refractivity contribution in [3.63, 3.8) is 0 Å². The molecular weight excluding hydrogens is 176 g/mol. The highest BCUT2D eigenvalue weighted by molar-refractivity contribution is 7.83. The van der Waals surface area contributed by atoms with E-state index < -0.39 is 10.2 Å². The smallest absolute Gasteiger partial charge is 0.174 e. The molecule has 5 heteroatoms. The lowest BCUT2D eigenvalue weighted by Gasteiger charge is -2.26. The van der Waals surface area contributed by atoms with E-state index in [2.05, 4.69) is 0 Å². The van der Waals surface area contributed by atoms with Gasteiger partial charge in [0.2, 0.25) is 0 Å². The van der Waals surface area contributed by atoms with Crippen molar-refractivity contribution in [2.45, 2.75) is 37.7 Å². The fourth-order valence-corrected chi connectivity index (χ4v) is 3.26. The van der Waals surface area contributed by atoms with E-state index in [1.165, 1.54) is 0 Å². The van der Waals surface area contributed by atoms with E-state index in [4.69, 9.17) is 18.3 Å². The molecule has 0 radical (unpaired) electrons. The Morgan fingerprint density at radius 3 is 2.25 bits per heavy atom. The van der Waals surface area contributed by atoms with E-state index in [1.54, 1.807) is 0 Å². The molecule has 0 aromatic rings. The van der Waals surface area contributed by atoms with Crippen LogP contribution in [0.1, 0.15) is 32.1 Å². The van der Waals surface area contributed by atoms with Crippen molar-refractivity contribution in [1.82, 2.24) is 0 Å². The van der Waals surface area contributed by atoms with Crippen molar-refractivity contribution in [2.75, 3.05) is 0 Å². The number of hydrogen-bond donors (Lipinski definition) is 3. The van der Waals surface area contributed by atoms with Crippen LogP contribution in [-0.4, -0.2) is 10.2 Å². The first-order chi connectivity index (χ1) is 5.49. The van der Waals surface area contributed by atoms with Gasteiger partial charge >= 0.3 is 0 Å². The minimum atomic E-state index is -3.25. The highest BCUT2D eigenvalue weighted by atomic mass is 32.2. The van der Waals surface area contributed by atoms with Crippen molar-refractivity contribution in [1.29, 1.82) is 9.56 Å². The lowest BCUT2D eigenvalue weighted by molar-refractivity contribution is 0.0876. The predicted molar refractivity (Wildman–Crippen MR) is 45.8 cm³/mol. The van der Waals surface area contributed by atoms with E-state index in [9.17, 15) is 0 Å². The highest BCUT2D eigenvalue weighted by Gasteiger charge is 2.47. The third-order valence-electron chi connectivity index (χ3n) is 2.97. The van der Waals surface area contributed by atoms with Crippen molar-refractivity contribution < 1.29 is 8.74 Å². The summed E-state index contributed by atoms with van der Waals surface area (Å²) >= 11 is 0. The van der Waals surface area contributed by atoms with Crippen molar-refractivity contribution >= 4 is 10.2 Å². The van der Waals surface area contributed by atoms with Gasteiger partial charge in [0, 0.05) is 0 Å². The summed E-state index contributed by atoms with van der Waals surface area (Å²) in [7, 11) is -3.25. The Balaban J connectivity index is 2.13. The Kier molecular flexibility index (Phi) is 1.72. The maximum absolute atomic E-state index is 8.99. The van der Waals surface area contributed by atoms with Gasteiger partial charge in [-0.1, -0.05) is 0 Å². The van der Waals surface area contributed by atoms with Gasteiger partial charge in [0.15, 0.2) is 10.2 Å². The van der Waals surface area contributed by atoms with Crippen LogP contribution in [0.15, 0.2) is 0 Å². The number of fused-ring (bicyclic) bond motifs is 2. The lowest BCUT2D eigenvalue weighted by Crippen LogP contribution is -2.28. The molecule has 0 aromatic heterocycles. The Morgan fingerprint density at radius 2 is 1.92 bits per heavy atom. The summed E-state index contributed by atoms with van der Waals surface area (Å²) in [6.45, 7) is 0. The molecule has 4 nitrogen and oxygen atoms in total. The largest absolute Gasteiger partial charge is 0.295 e. The molecule has 0 heterocycles. The number of nitrogens with one attached hydrogen (secondary N) is 2. The first-order valence-electron chi connectivity index (χ1n) is 4.25. The van der Waals surface area contributed by atoms with Crippen LogP contribution in [0.3, 0.4) is 0 Å². The first kappa shape index (κ1) is 8.47. The van der Waals surface area contributed by atoms with Gasteiger partial charge in [-0.25, -0.2) is 9.56 Å². The summed E-state index contributed by atoms with van der Waals surface area (Å²) in [5, 5.41) is 0. The highest BCUT2D eigenvalue weighted by Crippen LogP contribution is 2.50. The normalized spacial score (nSPS) is 40.6. The van der Waals surface area contributed by atoms with Gasteiger partial charge in [0.25, 0.3) is 0 Å². The summed E-state index contributed by atoms with van der Waals surface area (Å²) in [5.74, 6) is 0.728. The summed E-state index contributed by atoms with van der Waals surface area (Å²) in [4.78, 5) is 0. The summed E-state index contributed by atoms with van der Waals surface area (Å²) in [6.07, 6.45) is 5.13. The fourth-order valence-electron chi connectivity index (χ4n) is 2.51.